The lowest BCUT2D eigenvalue weighted by Crippen LogP contribution is -2.15. The molecule has 14 rings (SSSR count). The van der Waals surface area contributed by atoms with Gasteiger partial charge in [-0.25, -0.2) is 0 Å². The van der Waals surface area contributed by atoms with Crippen LogP contribution in [0, 0.1) is 29.6 Å². The van der Waals surface area contributed by atoms with Gasteiger partial charge in [0.2, 0.25) is 0 Å². The van der Waals surface area contributed by atoms with E-state index in [1.807, 2.05) is 0 Å². The molecule has 0 N–H and O–H groups in total. The monoisotopic (exact) mass is 857 g/mol. The van der Waals surface area contributed by atoms with Crippen molar-refractivity contribution in [2.75, 3.05) is 0 Å². The summed E-state index contributed by atoms with van der Waals surface area (Å²) in [5.74, 6) is 0.876. The zero-order chi connectivity index (χ0) is 44.5. The standard InChI is InChI=1S/C61H39N5O/c1-36-26-28-38(29-27-36)57-60(64-49-21-9-4-16-40(49)41-17-5-10-22-50(41)64)47(34-62)59(48(35-63)61(57)65-51-23-11-6-18-42(51)43-19-7-12-24-52(43)65)66-53-31-30-37-14-2-3-15-39(37)58(53)46-33-56-45(32-54(46)66)44-20-8-13-25-55(44)67-56/h2-6,8-18,20-33,44,55H,7,19H2,1H3. The molecular weight excluding hydrogens is 819 g/mol. The Hall–Kier alpha value is -8.84. The summed E-state index contributed by atoms with van der Waals surface area (Å²) in [7, 11) is 0. The summed E-state index contributed by atoms with van der Waals surface area (Å²) in [6.45, 7) is 2.10. The second-order valence-corrected chi connectivity index (χ2v) is 18.1. The number of nitrogens with zero attached hydrogens (tertiary/aromatic N) is 5. The third-order valence-corrected chi connectivity index (χ3v) is 14.6. The Morgan fingerprint density at radius 2 is 1.19 bits per heavy atom. The Morgan fingerprint density at radius 1 is 0.567 bits per heavy atom. The van der Waals surface area contributed by atoms with Crippen molar-refractivity contribution in [1.29, 1.82) is 10.5 Å². The largest absolute Gasteiger partial charge is 0.485 e. The molecule has 8 aromatic carbocycles. The fraction of sp³-hybridized carbons (Fsp3) is 0.0820. The van der Waals surface area contributed by atoms with E-state index in [4.69, 9.17) is 4.74 Å². The summed E-state index contributed by atoms with van der Waals surface area (Å²) in [6, 6.07) is 57.1. The van der Waals surface area contributed by atoms with Crippen LogP contribution in [0.5, 0.6) is 5.75 Å². The summed E-state index contributed by atoms with van der Waals surface area (Å²) < 4.78 is 13.6. The van der Waals surface area contributed by atoms with Crippen molar-refractivity contribution in [3.05, 3.63) is 209 Å². The average molecular weight is 858 g/mol. The Kier molecular flexibility index (Phi) is 7.89. The van der Waals surface area contributed by atoms with Crippen LogP contribution in [0.15, 0.2) is 176 Å². The normalized spacial score (nSPS) is 15.9. The van der Waals surface area contributed by atoms with Crippen LogP contribution in [0.1, 0.15) is 45.8 Å². The first-order valence-corrected chi connectivity index (χ1v) is 23.0. The molecular formula is C61H39N5O. The minimum atomic E-state index is -0.115. The number of benzene rings is 8. The van der Waals surface area contributed by atoms with Gasteiger partial charge in [0.15, 0.2) is 0 Å². The molecule has 11 aromatic rings. The number of hydrogen-bond acceptors (Lipinski definition) is 3. The molecule has 0 radical (unpaired) electrons. The van der Waals surface area contributed by atoms with Crippen molar-refractivity contribution in [3.63, 3.8) is 0 Å². The van der Waals surface area contributed by atoms with Crippen LogP contribution in [0.25, 0.3) is 99.6 Å². The molecule has 314 valence electrons. The summed E-state index contributed by atoms with van der Waals surface area (Å²) in [6.07, 6.45) is 14.7. The Balaban J connectivity index is 1.27. The molecule has 0 fully saturated rings. The van der Waals surface area contributed by atoms with Gasteiger partial charge >= 0.3 is 0 Å². The Labute approximate surface area is 386 Å². The van der Waals surface area contributed by atoms with Gasteiger partial charge in [-0.05, 0) is 90.2 Å². The van der Waals surface area contributed by atoms with Gasteiger partial charge in [0, 0.05) is 49.7 Å². The number of para-hydroxylation sites is 3. The Morgan fingerprint density at radius 3 is 1.93 bits per heavy atom. The minimum absolute atomic E-state index is 0.0238. The topological polar surface area (TPSA) is 71.6 Å². The molecule has 6 nitrogen and oxygen atoms in total. The molecule has 0 amide bonds. The van der Waals surface area contributed by atoms with Gasteiger partial charge in [-0.2, -0.15) is 10.5 Å². The number of aromatic nitrogens is 3. The lowest BCUT2D eigenvalue weighted by Gasteiger charge is -2.27. The number of rotatable bonds is 4. The molecule has 4 heterocycles. The van der Waals surface area contributed by atoms with Crippen molar-refractivity contribution >= 4 is 71.4 Å². The maximum Gasteiger partial charge on any atom is 0.128 e. The molecule has 3 aliphatic rings. The van der Waals surface area contributed by atoms with E-state index in [1.165, 1.54) is 5.56 Å². The quantitative estimate of drug-likeness (QED) is 0.177. The fourth-order valence-corrected chi connectivity index (χ4v) is 11.7. The van der Waals surface area contributed by atoms with Gasteiger partial charge in [-0.3, -0.25) is 0 Å². The van der Waals surface area contributed by atoms with E-state index in [0.717, 1.165) is 123 Å². The second kappa shape index (κ2) is 14.1. The van der Waals surface area contributed by atoms with Crippen LogP contribution in [-0.4, -0.2) is 19.8 Å². The van der Waals surface area contributed by atoms with E-state index < -0.39 is 0 Å². The predicted molar refractivity (Wildman–Crippen MR) is 272 cm³/mol. The first-order valence-electron chi connectivity index (χ1n) is 23.0. The number of aryl methyl sites for hydroxylation is 2. The highest BCUT2D eigenvalue weighted by atomic mass is 16.5. The SMILES string of the molecule is Cc1ccc(-c2c(-n3c4c(c5ccccc53)CCC=C4)c(C#N)c(-n3c4cc5c(cc4c4c6ccccc6ccc43)OC3C=CC=CC53)c(C#N)c2-n2c3ccccc3c3ccccc32)cc1. The molecule has 0 bridgehead atoms. The number of ether oxygens (including phenoxy) is 1. The smallest absolute Gasteiger partial charge is 0.128 e. The van der Waals surface area contributed by atoms with Crippen LogP contribution < -0.4 is 4.74 Å². The molecule has 2 atom stereocenters. The highest BCUT2D eigenvalue weighted by molar-refractivity contribution is 6.22. The van der Waals surface area contributed by atoms with Crippen molar-refractivity contribution in [2.24, 2.45) is 0 Å². The van der Waals surface area contributed by atoms with Crippen molar-refractivity contribution in [1.82, 2.24) is 13.7 Å². The van der Waals surface area contributed by atoms with Crippen LogP contribution in [0.2, 0.25) is 0 Å². The lowest BCUT2D eigenvalue weighted by atomic mass is 9.90. The fourth-order valence-electron chi connectivity index (χ4n) is 11.7. The van der Waals surface area contributed by atoms with E-state index in [9.17, 15) is 10.5 Å². The zero-order valence-corrected chi connectivity index (χ0v) is 36.5. The molecule has 2 unspecified atom stereocenters. The van der Waals surface area contributed by atoms with Gasteiger partial charge in [-0.1, -0.05) is 139 Å². The minimum Gasteiger partial charge on any atom is -0.485 e. The van der Waals surface area contributed by atoms with Crippen LogP contribution in [0.4, 0.5) is 0 Å². The van der Waals surface area contributed by atoms with Gasteiger partial charge in [0.1, 0.15) is 35.1 Å². The number of hydrogen-bond donors (Lipinski definition) is 0. The van der Waals surface area contributed by atoms with E-state index in [2.05, 4.69) is 215 Å². The number of fused-ring (bicyclic) bond motifs is 14. The molecule has 0 spiro atoms. The first kappa shape index (κ1) is 37.5. The van der Waals surface area contributed by atoms with Gasteiger partial charge in [-0.15, -0.1) is 0 Å². The molecule has 0 saturated carbocycles. The highest BCUT2D eigenvalue weighted by Crippen LogP contribution is 2.51. The summed E-state index contributed by atoms with van der Waals surface area (Å²) in [5.41, 5.74) is 13.8. The first-order chi connectivity index (χ1) is 33.1. The molecule has 6 heteroatoms. The summed E-state index contributed by atoms with van der Waals surface area (Å²) in [5, 5.41) is 32.1. The van der Waals surface area contributed by atoms with Crippen LogP contribution in [-0.2, 0) is 6.42 Å². The molecule has 3 aromatic heterocycles. The van der Waals surface area contributed by atoms with Gasteiger partial charge < -0.3 is 18.4 Å². The number of nitriles is 2. The van der Waals surface area contributed by atoms with E-state index >= 15 is 0 Å². The van der Waals surface area contributed by atoms with E-state index in [0.29, 0.717) is 16.8 Å². The molecule has 2 aliphatic carbocycles. The molecule has 0 saturated heterocycles. The highest BCUT2D eigenvalue weighted by Gasteiger charge is 2.37. The second-order valence-electron chi connectivity index (χ2n) is 18.1. The van der Waals surface area contributed by atoms with Gasteiger partial charge in [0.05, 0.1) is 44.6 Å². The van der Waals surface area contributed by atoms with E-state index in [-0.39, 0.29) is 12.0 Å². The maximum atomic E-state index is 12.3. The van der Waals surface area contributed by atoms with Crippen LogP contribution in [0.3, 0.4) is 0 Å². The summed E-state index contributed by atoms with van der Waals surface area (Å²) in [4.78, 5) is 0. The third-order valence-electron chi connectivity index (χ3n) is 14.6. The third kappa shape index (κ3) is 5.13. The van der Waals surface area contributed by atoms with Gasteiger partial charge in [0.25, 0.3) is 0 Å². The Bertz CT molecular complexity index is 4120. The predicted octanol–water partition coefficient (Wildman–Crippen LogP) is 14.6. The van der Waals surface area contributed by atoms with Crippen molar-refractivity contribution in [3.8, 4) is 46.1 Å². The molecule has 1 aliphatic heterocycles. The lowest BCUT2D eigenvalue weighted by molar-refractivity contribution is 0.269. The zero-order valence-electron chi connectivity index (χ0n) is 36.5. The molecule has 67 heavy (non-hydrogen) atoms. The van der Waals surface area contributed by atoms with E-state index in [1.54, 1.807) is 0 Å². The van der Waals surface area contributed by atoms with Crippen LogP contribution >= 0.6 is 0 Å². The average Bonchev–Trinajstić information content (AvgIpc) is 4.11. The van der Waals surface area contributed by atoms with Crippen molar-refractivity contribution in [2.45, 2.75) is 31.8 Å². The maximum absolute atomic E-state index is 12.3. The summed E-state index contributed by atoms with van der Waals surface area (Å²) >= 11 is 0. The van der Waals surface area contributed by atoms with Crippen molar-refractivity contribution < 1.29 is 4.74 Å². The number of allylic oxidation sites excluding steroid dienone is 3.